The molecule has 0 unspecified atom stereocenters. The van der Waals surface area contributed by atoms with Gasteiger partial charge in [-0.05, 0) is 24.6 Å². The molecule has 1 aromatic rings. The van der Waals surface area contributed by atoms with Crippen LogP contribution in [0.4, 0.5) is 4.39 Å². The average molecular weight is 223 g/mol. The summed E-state index contributed by atoms with van der Waals surface area (Å²) in [6, 6.07) is 4.62. The Kier molecular flexibility index (Phi) is 4.66. The molecule has 2 N–H and O–H groups in total. The van der Waals surface area contributed by atoms with Crippen molar-refractivity contribution in [3.8, 4) is 0 Å². The minimum absolute atomic E-state index is 0.160. The van der Waals surface area contributed by atoms with Gasteiger partial charge >= 0.3 is 5.97 Å². The van der Waals surface area contributed by atoms with Crippen LogP contribution in [0.3, 0.4) is 0 Å². The monoisotopic (exact) mass is 223 g/mol. The molecule has 0 atom stereocenters. The second kappa shape index (κ2) is 6.02. The third-order valence-electron chi connectivity index (χ3n) is 2.00. The molecule has 4 heteroatoms. The first-order valence-corrected chi connectivity index (χ1v) is 5.00. The van der Waals surface area contributed by atoms with Crippen LogP contribution in [0.25, 0.3) is 6.08 Å². The summed E-state index contributed by atoms with van der Waals surface area (Å²) in [5, 5.41) is 0. The SMILES string of the molecule is CCOC(=O)C=Cc1ccc(CN)c(F)c1. The van der Waals surface area contributed by atoms with Crippen LogP contribution in [0.1, 0.15) is 18.1 Å². The lowest BCUT2D eigenvalue weighted by atomic mass is 10.1. The topological polar surface area (TPSA) is 52.3 Å². The van der Waals surface area contributed by atoms with Gasteiger partial charge in [-0.1, -0.05) is 12.1 Å². The zero-order chi connectivity index (χ0) is 12.0. The van der Waals surface area contributed by atoms with Crippen LogP contribution in [0.15, 0.2) is 24.3 Å². The fourth-order valence-corrected chi connectivity index (χ4v) is 1.19. The second-order valence-electron chi connectivity index (χ2n) is 3.14. The summed E-state index contributed by atoms with van der Waals surface area (Å²) in [4.78, 5) is 11.0. The van der Waals surface area contributed by atoms with E-state index in [0.717, 1.165) is 0 Å². The smallest absolute Gasteiger partial charge is 0.330 e. The molecule has 0 aliphatic heterocycles. The van der Waals surface area contributed by atoms with Gasteiger partial charge in [-0.2, -0.15) is 0 Å². The van der Waals surface area contributed by atoms with Gasteiger partial charge in [-0.15, -0.1) is 0 Å². The van der Waals surface area contributed by atoms with Crippen LogP contribution >= 0.6 is 0 Å². The van der Waals surface area contributed by atoms with Crippen LogP contribution in [0.5, 0.6) is 0 Å². The molecule has 0 amide bonds. The Bertz CT molecular complexity index is 402. The van der Waals surface area contributed by atoms with E-state index in [0.29, 0.717) is 17.7 Å². The Hall–Kier alpha value is -1.68. The summed E-state index contributed by atoms with van der Waals surface area (Å²) in [6.45, 7) is 2.21. The zero-order valence-corrected chi connectivity index (χ0v) is 9.07. The summed E-state index contributed by atoms with van der Waals surface area (Å²) in [6.07, 6.45) is 2.77. The molecule has 0 heterocycles. The van der Waals surface area contributed by atoms with Crippen LogP contribution in [0, 0.1) is 5.82 Å². The van der Waals surface area contributed by atoms with Crippen molar-refractivity contribution >= 4 is 12.0 Å². The third-order valence-corrected chi connectivity index (χ3v) is 2.00. The molecule has 0 aliphatic rings. The van der Waals surface area contributed by atoms with E-state index in [2.05, 4.69) is 0 Å². The number of ether oxygens (including phenoxy) is 1. The van der Waals surface area contributed by atoms with E-state index in [4.69, 9.17) is 10.5 Å². The van der Waals surface area contributed by atoms with Crippen molar-refractivity contribution in [2.45, 2.75) is 13.5 Å². The zero-order valence-electron chi connectivity index (χ0n) is 9.07. The van der Waals surface area contributed by atoms with Crippen LogP contribution in [0.2, 0.25) is 0 Å². The number of nitrogens with two attached hydrogens (primary N) is 1. The largest absolute Gasteiger partial charge is 0.463 e. The molecule has 0 saturated heterocycles. The lowest BCUT2D eigenvalue weighted by molar-refractivity contribution is -0.137. The van der Waals surface area contributed by atoms with Crippen molar-refractivity contribution in [1.82, 2.24) is 0 Å². The minimum atomic E-state index is -0.439. The van der Waals surface area contributed by atoms with Crippen molar-refractivity contribution in [2.24, 2.45) is 5.73 Å². The second-order valence-corrected chi connectivity index (χ2v) is 3.14. The summed E-state index contributed by atoms with van der Waals surface area (Å²) in [5.41, 5.74) is 6.38. The molecule has 0 saturated carbocycles. The highest BCUT2D eigenvalue weighted by atomic mass is 19.1. The Balaban J connectivity index is 2.75. The first-order valence-electron chi connectivity index (χ1n) is 5.00. The normalized spacial score (nSPS) is 10.7. The van der Waals surface area contributed by atoms with E-state index < -0.39 is 5.97 Å². The van der Waals surface area contributed by atoms with Crippen molar-refractivity contribution in [3.63, 3.8) is 0 Å². The molecule has 0 aromatic heterocycles. The van der Waals surface area contributed by atoms with Gasteiger partial charge in [0, 0.05) is 18.2 Å². The van der Waals surface area contributed by atoms with Crippen LogP contribution in [-0.4, -0.2) is 12.6 Å². The van der Waals surface area contributed by atoms with Gasteiger partial charge in [0.15, 0.2) is 0 Å². The molecule has 0 aliphatic carbocycles. The number of carbonyl (C=O) groups is 1. The molecule has 1 aromatic carbocycles. The molecule has 0 fully saturated rings. The van der Waals surface area contributed by atoms with Gasteiger partial charge in [0.05, 0.1) is 6.61 Å². The number of hydrogen-bond acceptors (Lipinski definition) is 3. The van der Waals surface area contributed by atoms with Crippen molar-refractivity contribution in [1.29, 1.82) is 0 Å². The number of benzene rings is 1. The first-order chi connectivity index (χ1) is 7.67. The highest BCUT2D eigenvalue weighted by Crippen LogP contribution is 2.11. The van der Waals surface area contributed by atoms with Crippen LogP contribution < -0.4 is 5.73 Å². The Morgan fingerprint density at radius 1 is 1.56 bits per heavy atom. The van der Waals surface area contributed by atoms with Gasteiger partial charge < -0.3 is 10.5 Å². The summed E-state index contributed by atoms with van der Waals surface area (Å²) < 4.78 is 18.0. The Morgan fingerprint density at radius 3 is 2.88 bits per heavy atom. The molecule has 16 heavy (non-hydrogen) atoms. The van der Waals surface area contributed by atoms with Crippen molar-refractivity contribution in [2.75, 3.05) is 6.61 Å². The fraction of sp³-hybridized carbons (Fsp3) is 0.250. The van der Waals surface area contributed by atoms with Gasteiger partial charge in [0.2, 0.25) is 0 Å². The maximum atomic E-state index is 13.3. The van der Waals surface area contributed by atoms with Gasteiger partial charge in [0.1, 0.15) is 5.82 Å². The lowest BCUT2D eigenvalue weighted by Crippen LogP contribution is -2.00. The molecular weight excluding hydrogens is 209 g/mol. The van der Waals surface area contributed by atoms with Gasteiger partial charge in [-0.3, -0.25) is 0 Å². The number of carbonyl (C=O) groups excluding carboxylic acids is 1. The Morgan fingerprint density at radius 2 is 2.31 bits per heavy atom. The third kappa shape index (κ3) is 3.47. The molecule has 0 radical (unpaired) electrons. The highest BCUT2D eigenvalue weighted by molar-refractivity contribution is 5.87. The average Bonchev–Trinajstić information content (AvgIpc) is 2.27. The standard InChI is InChI=1S/C12H14FNO2/c1-2-16-12(15)6-4-9-3-5-10(8-14)11(13)7-9/h3-7H,2,8,14H2,1H3. The van der Waals surface area contributed by atoms with E-state index in [1.54, 1.807) is 19.1 Å². The van der Waals surface area contributed by atoms with E-state index in [1.807, 2.05) is 0 Å². The highest BCUT2D eigenvalue weighted by Gasteiger charge is 2.00. The minimum Gasteiger partial charge on any atom is -0.463 e. The van der Waals surface area contributed by atoms with Gasteiger partial charge in [-0.25, -0.2) is 9.18 Å². The lowest BCUT2D eigenvalue weighted by Gasteiger charge is -2.00. The van der Waals surface area contributed by atoms with Crippen molar-refractivity contribution in [3.05, 3.63) is 41.2 Å². The van der Waals surface area contributed by atoms with E-state index in [-0.39, 0.29) is 12.4 Å². The molecule has 86 valence electrons. The molecule has 0 spiro atoms. The summed E-state index contributed by atoms with van der Waals surface area (Å²) in [5.74, 6) is -0.806. The molecule has 1 rings (SSSR count). The number of hydrogen-bond donors (Lipinski definition) is 1. The first kappa shape index (κ1) is 12.4. The number of esters is 1. The number of rotatable bonds is 4. The maximum absolute atomic E-state index is 13.3. The van der Waals surface area contributed by atoms with Crippen LogP contribution in [-0.2, 0) is 16.1 Å². The van der Waals surface area contributed by atoms with Crippen molar-refractivity contribution < 1.29 is 13.9 Å². The van der Waals surface area contributed by atoms with Gasteiger partial charge in [0.25, 0.3) is 0 Å². The molecular formula is C12H14FNO2. The summed E-state index contributed by atoms with van der Waals surface area (Å²) >= 11 is 0. The van der Waals surface area contributed by atoms with E-state index in [9.17, 15) is 9.18 Å². The quantitative estimate of drug-likeness (QED) is 0.626. The number of halogens is 1. The van der Waals surface area contributed by atoms with E-state index in [1.165, 1.54) is 18.2 Å². The summed E-state index contributed by atoms with van der Waals surface area (Å²) in [7, 11) is 0. The van der Waals surface area contributed by atoms with E-state index >= 15 is 0 Å². The molecule has 3 nitrogen and oxygen atoms in total. The molecule has 0 bridgehead atoms. The maximum Gasteiger partial charge on any atom is 0.330 e. The predicted octanol–water partition coefficient (Wildman–Crippen LogP) is 1.86. The Labute approximate surface area is 93.7 Å². The predicted molar refractivity (Wildman–Crippen MR) is 60.0 cm³/mol. The fourth-order valence-electron chi connectivity index (χ4n) is 1.19.